The molecule has 0 amide bonds. The summed E-state index contributed by atoms with van der Waals surface area (Å²) >= 11 is 3.62. The molecule has 1 heterocycles. The minimum atomic E-state index is 0.359. The van der Waals surface area contributed by atoms with Crippen molar-refractivity contribution in [2.45, 2.75) is 45.7 Å². The third kappa shape index (κ3) is 4.21. The van der Waals surface area contributed by atoms with Crippen LogP contribution in [0.1, 0.15) is 45.2 Å². The van der Waals surface area contributed by atoms with E-state index in [1.807, 2.05) is 0 Å². The van der Waals surface area contributed by atoms with Gasteiger partial charge in [-0.15, -0.1) is 0 Å². The van der Waals surface area contributed by atoms with Crippen molar-refractivity contribution in [1.82, 2.24) is 5.32 Å². The van der Waals surface area contributed by atoms with Crippen LogP contribution in [0.15, 0.2) is 22.7 Å². The Kier molecular flexibility index (Phi) is 6.52. The highest BCUT2D eigenvalue weighted by Crippen LogP contribution is 2.32. The average Bonchev–Trinajstić information content (AvgIpc) is 2.52. The Bertz CT molecular complexity index is 452. The first-order chi connectivity index (χ1) is 10.2. The Balaban J connectivity index is 2.28. The lowest BCUT2D eigenvalue weighted by atomic mass is 10.0. The van der Waals surface area contributed by atoms with Crippen LogP contribution >= 0.6 is 15.9 Å². The molecular formula is C17H27BrN2O. The molecule has 1 aromatic rings. The van der Waals surface area contributed by atoms with Crippen molar-refractivity contribution in [3.05, 3.63) is 28.2 Å². The molecule has 0 bridgehead atoms. The highest BCUT2D eigenvalue weighted by atomic mass is 79.9. The number of benzene rings is 1. The van der Waals surface area contributed by atoms with Crippen LogP contribution < -0.4 is 10.2 Å². The Morgan fingerprint density at radius 1 is 1.43 bits per heavy atom. The van der Waals surface area contributed by atoms with Gasteiger partial charge in [0.15, 0.2) is 0 Å². The zero-order valence-corrected chi connectivity index (χ0v) is 14.9. The van der Waals surface area contributed by atoms with E-state index in [9.17, 15) is 0 Å². The number of hydrogen-bond donors (Lipinski definition) is 1. The van der Waals surface area contributed by atoms with Gasteiger partial charge in [-0.2, -0.15) is 0 Å². The van der Waals surface area contributed by atoms with Gasteiger partial charge in [0, 0.05) is 22.7 Å². The first-order valence-corrected chi connectivity index (χ1v) is 8.83. The van der Waals surface area contributed by atoms with Gasteiger partial charge in [-0.25, -0.2) is 0 Å². The molecule has 0 radical (unpaired) electrons. The van der Waals surface area contributed by atoms with Crippen molar-refractivity contribution in [2.24, 2.45) is 0 Å². The SMILES string of the molecule is CCCNC(C)c1cc(Br)ccc1N1CCOCC1CC. The van der Waals surface area contributed by atoms with E-state index >= 15 is 0 Å². The van der Waals surface area contributed by atoms with E-state index in [0.29, 0.717) is 12.1 Å². The van der Waals surface area contributed by atoms with Gasteiger partial charge in [0.1, 0.15) is 0 Å². The predicted octanol–water partition coefficient (Wildman–Crippen LogP) is 4.12. The highest BCUT2D eigenvalue weighted by molar-refractivity contribution is 9.10. The van der Waals surface area contributed by atoms with Gasteiger partial charge < -0.3 is 15.0 Å². The molecule has 1 fully saturated rings. The number of rotatable bonds is 6. The summed E-state index contributed by atoms with van der Waals surface area (Å²) in [6.45, 7) is 10.4. The smallest absolute Gasteiger partial charge is 0.0670 e. The second kappa shape index (κ2) is 8.16. The highest BCUT2D eigenvalue weighted by Gasteiger charge is 2.25. The van der Waals surface area contributed by atoms with Crippen molar-refractivity contribution in [1.29, 1.82) is 0 Å². The molecule has 1 aromatic carbocycles. The molecule has 2 rings (SSSR count). The monoisotopic (exact) mass is 354 g/mol. The maximum atomic E-state index is 5.65. The van der Waals surface area contributed by atoms with E-state index in [1.165, 1.54) is 11.3 Å². The maximum absolute atomic E-state index is 5.65. The van der Waals surface area contributed by atoms with Crippen molar-refractivity contribution in [3.8, 4) is 0 Å². The third-order valence-electron chi connectivity index (χ3n) is 4.16. The molecule has 21 heavy (non-hydrogen) atoms. The quantitative estimate of drug-likeness (QED) is 0.831. The number of nitrogens with zero attached hydrogens (tertiary/aromatic N) is 1. The van der Waals surface area contributed by atoms with Gasteiger partial charge in [0.05, 0.1) is 19.3 Å². The van der Waals surface area contributed by atoms with E-state index in [4.69, 9.17) is 4.74 Å². The molecule has 1 N–H and O–H groups in total. The van der Waals surface area contributed by atoms with Crippen molar-refractivity contribution >= 4 is 21.6 Å². The van der Waals surface area contributed by atoms with Crippen molar-refractivity contribution < 1.29 is 4.74 Å². The minimum Gasteiger partial charge on any atom is -0.377 e. The first kappa shape index (κ1) is 16.8. The summed E-state index contributed by atoms with van der Waals surface area (Å²) in [6.07, 6.45) is 2.27. The van der Waals surface area contributed by atoms with Crippen LogP contribution in [0.3, 0.4) is 0 Å². The van der Waals surface area contributed by atoms with Gasteiger partial charge in [0.25, 0.3) is 0 Å². The van der Waals surface area contributed by atoms with Crippen molar-refractivity contribution in [2.75, 3.05) is 31.2 Å². The van der Waals surface area contributed by atoms with E-state index in [1.54, 1.807) is 0 Å². The number of morpholine rings is 1. The lowest BCUT2D eigenvalue weighted by molar-refractivity contribution is 0.0928. The molecule has 1 aliphatic rings. The number of anilines is 1. The Morgan fingerprint density at radius 2 is 2.24 bits per heavy atom. The first-order valence-electron chi connectivity index (χ1n) is 8.04. The molecule has 2 unspecified atom stereocenters. The van der Waals surface area contributed by atoms with Crippen LogP contribution in [0.25, 0.3) is 0 Å². The number of hydrogen-bond acceptors (Lipinski definition) is 3. The second-order valence-electron chi connectivity index (χ2n) is 5.71. The van der Waals surface area contributed by atoms with Gasteiger partial charge in [-0.05, 0) is 50.1 Å². The summed E-state index contributed by atoms with van der Waals surface area (Å²) < 4.78 is 6.79. The van der Waals surface area contributed by atoms with Gasteiger partial charge in [-0.3, -0.25) is 0 Å². The fourth-order valence-electron chi connectivity index (χ4n) is 2.91. The van der Waals surface area contributed by atoms with Gasteiger partial charge in [0.2, 0.25) is 0 Å². The number of nitrogens with one attached hydrogen (secondary N) is 1. The molecule has 1 aliphatic heterocycles. The lowest BCUT2D eigenvalue weighted by Crippen LogP contribution is -2.45. The van der Waals surface area contributed by atoms with Crippen LogP contribution in [0.2, 0.25) is 0 Å². The summed E-state index contributed by atoms with van der Waals surface area (Å²) in [5, 5.41) is 3.61. The molecule has 0 spiro atoms. The average molecular weight is 355 g/mol. The summed E-state index contributed by atoms with van der Waals surface area (Å²) in [7, 11) is 0. The van der Waals surface area contributed by atoms with Crippen LogP contribution in [-0.4, -0.2) is 32.3 Å². The lowest BCUT2D eigenvalue weighted by Gasteiger charge is -2.39. The molecule has 0 aliphatic carbocycles. The normalized spacial score (nSPS) is 20.6. The van der Waals surface area contributed by atoms with E-state index in [0.717, 1.165) is 43.6 Å². The summed E-state index contributed by atoms with van der Waals surface area (Å²) in [5.74, 6) is 0. The molecule has 2 atom stereocenters. The topological polar surface area (TPSA) is 24.5 Å². The van der Waals surface area contributed by atoms with Gasteiger partial charge >= 0.3 is 0 Å². The maximum Gasteiger partial charge on any atom is 0.0670 e. The number of halogens is 1. The fourth-order valence-corrected chi connectivity index (χ4v) is 3.29. The van der Waals surface area contributed by atoms with Gasteiger partial charge in [-0.1, -0.05) is 29.8 Å². The molecule has 118 valence electrons. The summed E-state index contributed by atoms with van der Waals surface area (Å²) in [4.78, 5) is 2.52. The van der Waals surface area contributed by atoms with E-state index in [-0.39, 0.29) is 0 Å². The summed E-state index contributed by atoms with van der Waals surface area (Å²) in [6, 6.07) is 7.49. The molecule has 0 aromatic heterocycles. The third-order valence-corrected chi connectivity index (χ3v) is 4.66. The number of ether oxygens (including phenoxy) is 1. The van der Waals surface area contributed by atoms with Crippen LogP contribution in [-0.2, 0) is 4.74 Å². The van der Waals surface area contributed by atoms with E-state index in [2.05, 4.69) is 65.1 Å². The Morgan fingerprint density at radius 3 is 2.95 bits per heavy atom. The van der Waals surface area contributed by atoms with Crippen molar-refractivity contribution in [3.63, 3.8) is 0 Å². The Labute approximate surface area is 137 Å². The zero-order chi connectivity index (χ0) is 15.2. The Hall–Kier alpha value is -0.580. The van der Waals surface area contributed by atoms with Crippen LogP contribution in [0.5, 0.6) is 0 Å². The molecule has 0 saturated carbocycles. The predicted molar refractivity (Wildman–Crippen MR) is 93.1 cm³/mol. The second-order valence-corrected chi connectivity index (χ2v) is 6.63. The largest absolute Gasteiger partial charge is 0.377 e. The minimum absolute atomic E-state index is 0.359. The van der Waals surface area contributed by atoms with E-state index < -0.39 is 0 Å². The standard InChI is InChI=1S/C17H27BrN2O/c1-4-8-19-13(3)16-11-14(18)6-7-17(16)20-9-10-21-12-15(20)5-2/h6-7,11,13,15,19H,4-5,8-10,12H2,1-3H3. The zero-order valence-electron chi connectivity index (χ0n) is 13.4. The molecular weight excluding hydrogens is 328 g/mol. The molecule has 1 saturated heterocycles. The molecule has 4 heteroatoms. The molecule has 3 nitrogen and oxygen atoms in total. The fraction of sp³-hybridized carbons (Fsp3) is 0.647. The van der Waals surface area contributed by atoms with Crippen LogP contribution in [0, 0.1) is 0 Å². The van der Waals surface area contributed by atoms with Crippen LogP contribution in [0.4, 0.5) is 5.69 Å². The summed E-state index contributed by atoms with van der Waals surface area (Å²) in [5.41, 5.74) is 2.72.